The highest BCUT2D eigenvalue weighted by molar-refractivity contribution is 7.26. The largest absolute Gasteiger partial charge is 0.248 e. The number of aromatic nitrogens is 2. The zero-order chi connectivity index (χ0) is 41.3. The first-order valence-corrected chi connectivity index (χ1v) is 23.0. The molecule has 4 unspecified atom stereocenters. The predicted molar refractivity (Wildman–Crippen MR) is 264 cm³/mol. The molecule has 2 nitrogen and oxygen atoms in total. The quantitative estimate of drug-likeness (QED) is 0.123. The highest BCUT2D eigenvalue weighted by atomic mass is 32.1. The minimum absolute atomic E-state index is 0.285. The van der Waals surface area contributed by atoms with E-state index in [1.807, 2.05) is 11.3 Å². The summed E-state index contributed by atoms with van der Waals surface area (Å²) in [5.74, 6) is 1.36. The molecular formula is C59H46N2S. The second kappa shape index (κ2) is 15.0. The molecule has 0 amide bonds. The van der Waals surface area contributed by atoms with Gasteiger partial charge in [0.15, 0.2) is 0 Å². The van der Waals surface area contributed by atoms with E-state index in [0.717, 1.165) is 59.4 Å². The van der Waals surface area contributed by atoms with Gasteiger partial charge < -0.3 is 0 Å². The Morgan fingerprint density at radius 1 is 0.726 bits per heavy atom. The predicted octanol–water partition coefficient (Wildman–Crippen LogP) is 15.5. The van der Waals surface area contributed by atoms with Crippen molar-refractivity contribution in [2.75, 3.05) is 0 Å². The van der Waals surface area contributed by atoms with Gasteiger partial charge in [0.1, 0.15) is 0 Å². The normalized spacial score (nSPS) is 21.8. The third kappa shape index (κ3) is 6.29. The molecule has 298 valence electrons. The molecule has 62 heavy (non-hydrogen) atoms. The van der Waals surface area contributed by atoms with E-state index >= 15 is 0 Å². The van der Waals surface area contributed by atoms with Crippen LogP contribution in [0.2, 0.25) is 0 Å². The SMILES string of the molecule is C=C(/C=C\C1=C(C)c2nc(-c3ccccc3)ccc2CC1)C1C=CC2=C(C=CC3C=CC(C4C=CC(c5nc6ccccc6c6c5ccc5c7ccccc7sc56)=CC4)=CC23)C1. The van der Waals surface area contributed by atoms with Crippen molar-refractivity contribution >= 4 is 64.3 Å². The number of hydrogen-bond donors (Lipinski definition) is 0. The Morgan fingerprint density at radius 3 is 2.44 bits per heavy atom. The number of allylic oxidation sites excluding steroid dienone is 19. The molecule has 3 heteroatoms. The standard InChI is InChI=1S/C59H46N2S/c1-36(16-17-38-18-23-42-29-33-53(60-57(42)37(38)2)41-10-4-3-5-11-41)44-28-30-47-46(34-44)27-22-40-21-26-45(35-52(40)47)39-19-24-43(25-20-39)58-51-32-31-49-48-12-7-9-15-55(48)62-59(49)56(51)50-13-6-8-14-54(50)61-58/h3-17,19,21-22,24-33,35,39-40,44,52H,1,18,20,23,34H2,2H3/b17-16-. The van der Waals surface area contributed by atoms with Crippen molar-refractivity contribution < 1.29 is 0 Å². The molecule has 0 saturated heterocycles. The van der Waals surface area contributed by atoms with Crippen LogP contribution < -0.4 is 0 Å². The first-order chi connectivity index (χ1) is 30.5. The molecule has 7 aromatic rings. The minimum Gasteiger partial charge on any atom is -0.248 e. The van der Waals surface area contributed by atoms with E-state index in [4.69, 9.17) is 9.97 Å². The van der Waals surface area contributed by atoms with Crippen LogP contribution in [0.1, 0.15) is 43.1 Å². The number of nitrogens with zero attached hydrogens (tertiary/aromatic N) is 2. The van der Waals surface area contributed by atoms with Crippen molar-refractivity contribution in [2.24, 2.45) is 23.7 Å². The van der Waals surface area contributed by atoms with Crippen LogP contribution in [0.4, 0.5) is 0 Å². The average molecular weight is 815 g/mol. The van der Waals surface area contributed by atoms with Gasteiger partial charge in [0, 0.05) is 65.6 Å². The Balaban J connectivity index is 0.772. The number of rotatable bonds is 6. The fourth-order valence-corrected chi connectivity index (χ4v) is 11.8. The van der Waals surface area contributed by atoms with Crippen LogP contribution >= 0.6 is 11.3 Å². The van der Waals surface area contributed by atoms with E-state index < -0.39 is 0 Å². The topological polar surface area (TPSA) is 25.8 Å². The smallest absolute Gasteiger partial charge is 0.0785 e. The van der Waals surface area contributed by atoms with E-state index in [1.165, 1.54) is 75.3 Å². The van der Waals surface area contributed by atoms with Crippen LogP contribution in [0, 0.1) is 23.7 Å². The van der Waals surface area contributed by atoms with Crippen molar-refractivity contribution in [1.29, 1.82) is 0 Å². The van der Waals surface area contributed by atoms with Gasteiger partial charge in [-0.1, -0.05) is 164 Å². The fourth-order valence-electron chi connectivity index (χ4n) is 10.6. The Kier molecular flexibility index (Phi) is 9.00. The summed E-state index contributed by atoms with van der Waals surface area (Å²) < 4.78 is 2.68. The summed E-state index contributed by atoms with van der Waals surface area (Å²) >= 11 is 1.90. The number of fused-ring (bicyclic) bond motifs is 10. The highest BCUT2D eigenvalue weighted by Crippen LogP contribution is 2.46. The van der Waals surface area contributed by atoms with Crippen molar-refractivity contribution in [3.63, 3.8) is 0 Å². The van der Waals surface area contributed by atoms with E-state index in [0.29, 0.717) is 17.8 Å². The van der Waals surface area contributed by atoms with E-state index in [9.17, 15) is 0 Å². The van der Waals surface area contributed by atoms with Crippen molar-refractivity contribution in [1.82, 2.24) is 9.97 Å². The van der Waals surface area contributed by atoms with Crippen LogP contribution in [0.5, 0.6) is 0 Å². The molecule has 0 bridgehead atoms. The van der Waals surface area contributed by atoms with Crippen molar-refractivity contribution in [3.8, 4) is 11.3 Å². The third-order valence-electron chi connectivity index (χ3n) is 14.0. The van der Waals surface area contributed by atoms with Gasteiger partial charge in [0.25, 0.3) is 0 Å². The molecule has 3 aromatic heterocycles. The number of benzene rings is 4. The van der Waals surface area contributed by atoms with Gasteiger partial charge in [-0.2, -0.15) is 0 Å². The first kappa shape index (κ1) is 37.1. The van der Waals surface area contributed by atoms with E-state index in [1.54, 1.807) is 0 Å². The molecular weight excluding hydrogens is 769 g/mol. The van der Waals surface area contributed by atoms with Gasteiger partial charge in [-0.3, -0.25) is 0 Å². The lowest BCUT2D eigenvalue weighted by molar-refractivity contribution is 0.592. The molecule has 5 aliphatic rings. The lowest BCUT2D eigenvalue weighted by atomic mass is 9.70. The molecule has 0 aliphatic heterocycles. The van der Waals surface area contributed by atoms with Gasteiger partial charge in [-0.15, -0.1) is 11.3 Å². The zero-order valence-electron chi connectivity index (χ0n) is 34.9. The average Bonchev–Trinajstić information content (AvgIpc) is 3.72. The van der Waals surface area contributed by atoms with Crippen molar-refractivity contribution in [2.45, 2.75) is 32.6 Å². The van der Waals surface area contributed by atoms with E-state index in [-0.39, 0.29) is 5.92 Å². The second-order valence-electron chi connectivity index (χ2n) is 17.6. The maximum atomic E-state index is 5.32. The number of thiophene rings is 1. The molecule has 4 atom stereocenters. The summed E-state index contributed by atoms with van der Waals surface area (Å²) in [7, 11) is 0. The van der Waals surface area contributed by atoms with Gasteiger partial charge >= 0.3 is 0 Å². The van der Waals surface area contributed by atoms with Crippen LogP contribution in [-0.4, -0.2) is 9.97 Å². The molecule has 4 aromatic carbocycles. The summed E-state index contributed by atoms with van der Waals surface area (Å²) in [4.78, 5) is 10.5. The number of para-hydroxylation sites is 1. The van der Waals surface area contributed by atoms with Gasteiger partial charge in [0.05, 0.1) is 22.6 Å². The molecule has 12 rings (SSSR count). The molecule has 0 N–H and O–H groups in total. The minimum atomic E-state index is 0.285. The van der Waals surface area contributed by atoms with Gasteiger partial charge in [-0.25, -0.2) is 9.97 Å². The number of aryl methyl sites for hydroxylation is 1. The Labute approximate surface area is 367 Å². The Morgan fingerprint density at radius 2 is 1.55 bits per heavy atom. The maximum Gasteiger partial charge on any atom is 0.0785 e. The monoisotopic (exact) mass is 814 g/mol. The van der Waals surface area contributed by atoms with Crippen LogP contribution in [0.25, 0.3) is 64.3 Å². The summed E-state index contributed by atoms with van der Waals surface area (Å²) in [5, 5.41) is 6.43. The summed E-state index contributed by atoms with van der Waals surface area (Å²) in [6.07, 6.45) is 32.7. The molecule has 0 fully saturated rings. The van der Waals surface area contributed by atoms with Gasteiger partial charge in [-0.05, 0) is 95.4 Å². The summed E-state index contributed by atoms with van der Waals surface area (Å²) in [6, 6.07) is 37.0. The van der Waals surface area contributed by atoms with E-state index in [2.05, 4.69) is 190 Å². The maximum absolute atomic E-state index is 5.32. The zero-order valence-corrected chi connectivity index (χ0v) is 35.7. The lowest BCUT2D eigenvalue weighted by Gasteiger charge is -2.34. The van der Waals surface area contributed by atoms with Crippen LogP contribution in [0.15, 0.2) is 210 Å². The number of hydrogen-bond acceptors (Lipinski definition) is 3. The van der Waals surface area contributed by atoms with Crippen LogP contribution in [0.3, 0.4) is 0 Å². The fraction of sp³-hybridized carbons (Fsp3) is 0.153. The van der Waals surface area contributed by atoms with Gasteiger partial charge in [0.2, 0.25) is 0 Å². The third-order valence-corrected chi connectivity index (χ3v) is 15.2. The second-order valence-corrected chi connectivity index (χ2v) is 18.6. The number of pyridine rings is 2. The Bertz CT molecular complexity index is 3340. The highest BCUT2D eigenvalue weighted by Gasteiger charge is 2.31. The molecule has 0 spiro atoms. The van der Waals surface area contributed by atoms with Crippen LogP contribution in [-0.2, 0) is 6.42 Å². The Hall–Kier alpha value is -6.68. The molecule has 0 radical (unpaired) electrons. The first-order valence-electron chi connectivity index (χ1n) is 22.2. The molecule has 0 saturated carbocycles. The molecule has 3 heterocycles. The molecule has 5 aliphatic carbocycles. The summed E-state index contributed by atoms with van der Waals surface area (Å²) in [6.45, 7) is 6.83. The van der Waals surface area contributed by atoms with Crippen molar-refractivity contribution in [3.05, 3.63) is 227 Å². The summed E-state index contributed by atoms with van der Waals surface area (Å²) in [5.41, 5.74) is 16.1. The lowest BCUT2D eigenvalue weighted by Crippen LogP contribution is -2.22.